The largest absolute Gasteiger partial charge is 0.361 e. The number of thiocarbonyl (C=S) groups is 2. The number of rotatable bonds is 3. The highest BCUT2D eigenvalue weighted by molar-refractivity contribution is 7.80. The molecule has 0 fully saturated rings. The van der Waals surface area contributed by atoms with Crippen molar-refractivity contribution in [3.05, 3.63) is 29.6 Å². The summed E-state index contributed by atoms with van der Waals surface area (Å²) in [6.07, 6.45) is 0.979. The summed E-state index contributed by atoms with van der Waals surface area (Å²) in [5.74, 6) is -0.277. The smallest absolute Gasteiger partial charge is 0.189 e. The van der Waals surface area contributed by atoms with E-state index >= 15 is 0 Å². The number of nitrogens with one attached hydrogen (secondary N) is 4. The molecule has 0 aromatic heterocycles. The molecule has 0 bridgehead atoms. The first kappa shape index (κ1) is 15.6. The highest BCUT2D eigenvalue weighted by Crippen LogP contribution is 2.13. The normalized spacial score (nSPS) is 9.63. The van der Waals surface area contributed by atoms with Gasteiger partial charge in [-0.15, -0.1) is 0 Å². The molecule has 19 heavy (non-hydrogen) atoms. The predicted molar refractivity (Wildman–Crippen MR) is 84.5 cm³/mol. The van der Waals surface area contributed by atoms with Crippen LogP contribution < -0.4 is 21.5 Å². The molecule has 1 aromatic carbocycles. The van der Waals surface area contributed by atoms with Gasteiger partial charge in [-0.1, -0.05) is 13.0 Å². The van der Waals surface area contributed by atoms with E-state index in [2.05, 4.69) is 21.5 Å². The SMILES string of the molecule is CCCNC(=S)NNC(=S)Nc1ccc(C)c(F)c1. The molecule has 0 atom stereocenters. The van der Waals surface area contributed by atoms with Crippen LogP contribution in [0.2, 0.25) is 0 Å². The molecule has 0 unspecified atom stereocenters. The van der Waals surface area contributed by atoms with Gasteiger partial charge in [-0.3, -0.25) is 10.9 Å². The topological polar surface area (TPSA) is 48.1 Å². The van der Waals surface area contributed by atoms with Crippen molar-refractivity contribution in [3.63, 3.8) is 0 Å². The minimum Gasteiger partial charge on any atom is -0.361 e. The Kier molecular flexibility index (Phi) is 6.44. The summed E-state index contributed by atoms with van der Waals surface area (Å²) >= 11 is 10.1. The zero-order valence-electron chi connectivity index (χ0n) is 10.8. The van der Waals surface area contributed by atoms with Gasteiger partial charge < -0.3 is 10.6 Å². The number of aryl methyl sites for hydroxylation is 1. The first-order valence-corrected chi connectivity index (χ1v) is 6.71. The van der Waals surface area contributed by atoms with E-state index in [9.17, 15) is 4.39 Å². The molecule has 0 saturated carbocycles. The summed E-state index contributed by atoms with van der Waals surface area (Å²) in [7, 11) is 0. The average Bonchev–Trinajstić information content (AvgIpc) is 2.38. The van der Waals surface area contributed by atoms with Crippen LogP contribution in [0.25, 0.3) is 0 Å². The van der Waals surface area contributed by atoms with Crippen molar-refractivity contribution in [1.29, 1.82) is 0 Å². The Balaban J connectivity index is 2.38. The number of benzene rings is 1. The standard InChI is InChI=1S/C12H17FN4S2/c1-3-6-14-11(18)16-17-12(19)15-9-5-4-8(2)10(13)7-9/h4-5,7H,3,6H2,1-2H3,(H2,14,16,18)(H2,15,17,19). The molecule has 0 aliphatic carbocycles. The van der Waals surface area contributed by atoms with Crippen molar-refractivity contribution in [2.45, 2.75) is 20.3 Å². The van der Waals surface area contributed by atoms with Crippen LogP contribution in [0.4, 0.5) is 10.1 Å². The lowest BCUT2D eigenvalue weighted by atomic mass is 10.2. The summed E-state index contributed by atoms with van der Waals surface area (Å²) in [5, 5.41) is 6.60. The number of hydrogen-bond acceptors (Lipinski definition) is 2. The maximum absolute atomic E-state index is 13.3. The van der Waals surface area contributed by atoms with Gasteiger partial charge in [0.1, 0.15) is 5.82 Å². The highest BCUT2D eigenvalue weighted by Gasteiger charge is 2.01. The monoisotopic (exact) mass is 300 g/mol. The highest BCUT2D eigenvalue weighted by atomic mass is 32.1. The molecule has 1 rings (SSSR count). The number of anilines is 1. The van der Waals surface area contributed by atoms with Gasteiger partial charge >= 0.3 is 0 Å². The predicted octanol–water partition coefficient (Wildman–Crippen LogP) is 2.21. The van der Waals surface area contributed by atoms with Crippen LogP contribution in [0.15, 0.2) is 18.2 Å². The van der Waals surface area contributed by atoms with E-state index in [0.29, 0.717) is 21.5 Å². The van der Waals surface area contributed by atoms with Gasteiger partial charge in [-0.2, -0.15) is 0 Å². The maximum atomic E-state index is 13.3. The van der Waals surface area contributed by atoms with E-state index in [1.54, 1.807) is 19.1 Å². The second kappa shape index (κ2) is 7.85. The van der Waals surface area contributed by atoms with Gasteiger partial charge in [0.25, 0.3) is 0 Å². The van der Waals surface area contributed by atoms with E-state index in [0.717, 1.165) is 13.0 Å². The fourth-order valence-electron chi connectivity index (χ4n) is 1.23. The molecule has 0 radical (unpaired) electrons. The van der Waals surface area contributed by atoms with Gasteiger partial charge in [0.15, 0.2) is 10.2 Å². The Bertz CT molecular complexity index is 465. The molecule has 4 N–H and O–H groups in total. The molecule has 0 spiro atoms. The Hall–Kier alpha value is -1.47. The summed E-state index contributed by atoms with van der Waals surface area (Å²) in [5.41, 5.74) is 6.62. The lowest BCUT2D eigenvalue weighted by Crippen LogP contribution is -2.48. The Labute approximate surface area is 123 Å². The Morgan fingerprint density at radius 1 is 1.21 bits per heavy atom. The molecule has 0 aliphatic rings. The van der Waals surface area contributed by atoms with Gasteiger partial charge in [0.05, 0.1) is 0 Å². The fourth-order valence-corrected chi connectivity index (χ4v) is 1.55. The first-order chi connectivity index (χ1) is 9.02. The molecule has 104 valence electrons. The van der Waals surface area contributed by atoms with E-state index in [1.807, 2.05) is 6.92 Å². The van der Waals surface area contributed by atoms with Crippen LogP contribution in [0.5, 0.6) is 0 Å². The lowest BCUT2D eigenvalue weighted by molar-refractivity contribution is 0.619. The van der Waals surface area contributed by atoms with Crippen LogP contribution in [-0.2, 0) is 0 Å². The lowest BCUT2D eigenvalue weighted by Gasteiger charge is -2.14. The Morgan fingerprint density at radius 3 is 2.53 bits per heavy atom. The van der Waals surface area contributed by atoms with E-state index < -0.39 is 0 Å². The number of hydrogen-bond donors (Lipinski definition) is 4. The zero-order valence-corrected chi connectivity index (χ0v) is 12.5. The molecular weight excluding hydrogens is 283 g/mol. The van der Waals surface area contributed by atoms with Crippen LogP contribution >= 0.6 is 24.4 Å². The van der Waals surface area contributed by atoms with Crippen molar-refractivity contribution in [2.75, 3.05) is 11.9 Å². The van der Waals surface area contributed by atoms with Gasteiger partial charge in [-0.25, -0.2) is 4.39 Å². The van der Waals surface area contributed by atoms with Crippen LogP contribution in [-0.4, -0.2) is 16.8 Å². The summed E-state index contributed by atoms with van der Waals surface area (Å²) in [6.45, 7) is 4.53. The zero-order chi connectivity index (χ0) is 14.3. The third-order valence-electron chi connectivity index (χ3n) is 2.25. The molecule has 4 nitrogen and oxygen atoms in total. The maximum Gasteiger partial charge on any atom is 0.189 e. The van der Waals surface area contributed by atoms with E-state index in [4.69, 9.17) is 24.4 Å². The molecule has 0 saturated heterocycles. The number of hydrazine groups is 1. The quantitative estimate of drug-likeness (QED) is 0.507. The Morgan fingerprint density at radius 2 is 1.89 bits per heavy atom. The molecule has 1 aromatic rings. The van der Waals surface area contributed by atoms with Crippen molar-refractivity contribution < 1.29 is 4.39 Å². The van der Waals surface area contributed by atoms with Crippen molar-refractivity contribution >= 4 is 40.3 Å². The summed E-state index contributed by atoms with van der Waals surface area (Å²) < 4.78 is 13.3. The van der Waals surface area contributed by atoms with Gasteiger partial charge in [0, 0.05) is 12.2 Å². The van der Waals surface area contributed by atoms with E-state index in [-0.39, 0.29) is 5.82 Å². The average molecular weight is 300 g/mol. The minimum absolute atomic E-state index is 0.277. The van der Waals surface area contributed by atoms with Crippen LogP contribution in [0.3, 0.4) is 0 Å². The van der Waals surface area contributed by atoms with Crippen molar-refractivity contribution in [3.8, 4) is 0 Å². The van der Waals surface area contributed by atoms with Gasteiger partial charge in [0.2, 0.25) is 0 Å². The fraction of sp³-hybridized carbons (Fsp3) is 0.333. The number of halogens is 1. The molecular formula is C12H17FN4S2. The minimum atomic E-state index is -0.277. The second-order valence-corrected chi connectivity index (χ2v) is 4.74. The molecule has 0 amide bonds. The van der Waals surface area contributed by atoms with Crippen LogP contribution in [0.1, 0.15) is 18.9 Å². The van der Waals surface area contributed by atoms with E-state index in [1.165, 1.54) is 6.07 Å². The third kappa shape index (κ3) is 5.80. The summed E-state index contributed by atoms with van der Waals surface area (Å²) in [4.78, 5) is 0. The second-order valence-electron chi connectivity index (χ2n) is 3.92. The summed E-state index contributed by atoms with van der Waals surface area (Å²) in [6, 6.07) is 4.82. The third-order valence-corrected chi connectivity index (χ3v) is 2.71. The van der Waals surface area contributed by atoms with Gasteiger partial charge in [-0.05, 0) is 55.5 Å². The van der Waals surface area contributed by atoms with Crippen molar-refractivity contribution in [2.24, 2.45) is 0 Å². The molecule has 0 heterocycles. The first-order valence-electron chi connectivity index (χ1n) is 5.90. The molecule has 0 aliphatic heterocycles. The molecule has 7 heteroatoms. The van der Waals surface area contributed by atoms with Crippen molar-refractivity contribution in [1.82, 2.24) is 16.2 Å². The van der Waals surface area contributed by atoms with Crippen LogP contribution in [0, 0.1) is 12.7 Å².